The normalized spacial score (nSPS) is 21.7. The molecule has 1 aliphatic heterocycles. The van der Waals surface area contributed by atoms with E-state index in [4.69, 9.17) is 13.9 Å². The molecule has 0 radical (unpaired) electrons. The van der Waals surface area contributed by atoms with Crippen molar-refractivity contribution in [2.24, 2.45) is 0 Å². The van der Waals surface area contributed by atoms with Gasteiger partial charge in [0.05, 0.1) is 20.3 Å². The Morgan fingerprint density at radius 3 is 2.92 bits per heavy atom. The third-order valence-corrected chi connectivity index (χ3v) is 4.02. The highest BCUT2D eigenvalue weighted by Gasteiger charge is 2.21. The predicted molar refractivity (Wildman–Crippen MR) is 54.5 cm³/mol. The van der Waals surface area contributed by atoms with Crippen LogP contribution >= 0.6 is 0 Å². The average molecular weight is 202 g/mol. The molecule has 0 amide bonds. The predicted octanol–water partition coefficient (Wildman–Crippen LogP) is 0.834. The van der Waals surface area contributed by atoms with Crippen molar-refractivity contribution < 1.29 is 13.9 Å². The summed E-state index contributed by atoms with van der Waals surface area (Å²) in [7, 11) is 1.14. The first-order valence-corrected chi connectivity index (χ1v) is 6.44. The Hall–Kier alpha value is -0.193. The van der Waals surface area contributed by atoms with Gasteiger partial charge in [0.2, 0.25) is 8.65 Å². The summed E-state index contributed by atoms with van der Waals surface area (Å²) >= 11 is 0. The molecule has 0 aromatic rings. The van der Waals surface area contributed by atoms with Gasteiger partial charge in [-0.15, -0.1) is 0 Å². The molecule has 4 heteroatoms. The van der Waals surface area contributed by atoms with Crippen LogP contribution in [0, 0.1) is 0 Å². The van der Waals surface area contributed by atoms with Gasteiger partial charge < -0.3 is 13.9 Å². The van der Waals surface area contributed by atoms with Crippen LogP contribution in [0.5, 0.6) is 0 Å². The molecule has 0 bridgehead atoms. The van der Waals surface area contributed by atoms with Crippen LogP contribution in [0.3, 0.4) is 0 Å². The second kappa shape index (κ2) is 6.29. The smallest absolute Gasteiger partial charge is 0.227 e. The maximum atomic E-state index is 5.42. The Kier molecular flexibility index (Phi) is 5.27. The van der Waals surface area contributed by atoms with Crippen LogP contribution in [0.4, 0.5) is 0 Å². The van der Waals surface area contributed by atoms with Gasteiger partial charge in [0.25, 0.3) is 0 Å². The Labute approximate surface area is 81.3 Å². The topological polar surface area (TPSA) is 31.0 Å². The van der Waals surface area contributed by atoms with Gasteiger partial charge in [-0.3, -0.25) is 0 Å². The zero-order valence-electron chi connectivity index (χ0n) is 8.41. The first-order valence-electron chi connectivity index (χ1n) is 4.75. The van der Waals surface area contributed by atoms with E-state index < -0.39 is 8.65 Å². The molecule has 0 spiro atoms. The Balaban J connectivity index is 1.87. The van der Waals surface area contributed by atoms with Crippen molar-refractivity contribution in [1.82, 2.24) is 0 Å². The van der Waals surface area contributed by atoms with Gasteiger partial charge in [-0.2, -0.15) is 0 Å². The summed E-state index contributed by atoms with van der Waals surface area (Å²) in [4.78, 5) is 0. The molecule has 0 aromatic carbocycles. The van der Waals surface area contributed by atoms with E-state index in [1.165, 1.54) is 0 Å². The standard InChI is InChI=1S/C9H18O3Si/c1-3-13(10-2)6-4-5-11-7-9-8-12-9/h3,9H,4-8H2,1-2H3. The molecule has 1 rings (SSSR count). The fraction of sp³-hybridized carbons (Fsp3) is 0.889. The maximum Gasteiger partial charge on any atom is 0.227 e. The molecule has 1 aliphatic rings. The second-order valence-corrected chi connectivity index (χ2v) is 5.51. The van der Waals surface area contributed by atoms with Crippen molar-refractivity contribution in [3.05, 3.63) is 0 Å². The summed E-state index contributed by atoms with van der Waals surface area (Å²) in [5.74, 6) is 0. The summed E-state index contributed by atoms with van der Waals surface area (Å²) in [6, 6.07) is 1.14. The summed E-state index contributed by atoms with van der Waals surface area (Å²) in [5, 5.41) is 0. The monoisotopic (exact) mass is 202 g/mol. The van der Waals surface area contributed by atoms with E-state index in [0.29, 0.717) is 6.10 Å². The second-order valence-electron chi connectivity index (χ2n) is 3.09. The number of hydrogen-bond acceptors (Lipinski definition) is 3. The Morgan fingerprint density at radius 2 is 2.38 bits per heavy atom. The molecule has 1 heterocycles. The summed E-state index contributed by atoms with van der Waals surface area (Å²) in [6.45, 7) is 4.56. The van der Waals surface area contributed by atoms with E-state index in [0.717, 1.165) is 32.3 Å². The fourth-order valence-electron chi connectivity index (χ4n) is 1.09. The molecule has 0 aromatic heterocycles. The Bertz CT molecular complexity index is 166. The third kappa shape index (κ3) is 5.18. The largest absolute Gasteiger partial charge is 0.553 e. The molecule has 0 N–H and O–H groups in total. The molecule has 76 valence electrons. The van der Waals surface area contributed by atoms with Gasteiger partial charge >= 0.3 is 0 Å². The Morgan fingerprint density at radius 1 is 1.62 bits per heavy atom. The van der Waals surface area contributed by atoms with E-state index in [-0.39, 0.29) is 0 Å². The van der Waals surface area contributed by atoms with Gasteiger partial charge in [0.15, 0.2) is 0 Å². The third-order valence-electron chi connectivity index (χ3n) is 2.00. The lowest BCUT2D eigenvalue weighted by Crippen LogP contribution is -2.09. The van der Waals surface area contributed by atoms with Crippen LogP contribution in [0.15, 0.2) is 0 Å². The molecule has 3 nitrogen and oxygen atoms in total. The SMILES string of the molecule is CC=[Si](CCCOCC1CO1)OC. The molecule has 13 heavy (non-hydrogen) atoms. The number of ether oxygens (including phenoxy) is 2. The minimum Gasteiger partial charge on any atom is -0.553 e. The van der Waals surface area contributed by atoms with Crippen molar-refractivity contribution in [3.63, 3.8) is 0 Å². The highest BCUT2D eigenvalue weighted by Crippen LogP contribution is 2.08. The number of rotatable bonds is 7. The number of hydrogen-bond donors (Lipinski definition) is 0. The van der Waals surface area contributed by atoms with E-state index >= 15 is 0 Å². The van der Waals surface area contributed by atoms with E-state index in [2.05, 4.69) is 12.6 Å². The average Bonchev–Trinajstić information content (AvgIpc) is 2.95. The van der Waals surface area contributed by atoms with Crippen LogP contribution in [-0.2, 0) is 13.9 Å². The summed E-state index contributed by atoms with van der Waals surface area (Å²) < 4.78 is 15.8. The van der Waals surface area contributed by atoms with Crippen LogP contribution < -0.4 is 0 Å². The van der Waals surface area contributed by atoms with Crippen LogP contribution in [0.2, 0.25) is 6.04 Å². The highest BCUT2D eigenvalue weighted by molar-refractivity contribution is 6.59. The van der Waals surface area contributed by atoms with Gasteiger partial charge in [0, 0.05) is 6.61 Å². The van der Waals surface area contributed by atoms with Crippen molar-refractivity contribution in [1.29, 1.82) is 0 Å². The van der Waals surface area contributed by atoms with Crippen molar-refractivity contribution in [2.75, 3.05) is 26.9 Å². The van der Waals surface area contributed by atoms with Crippen LogP contribution in [0.25, 0.3) is 0 Å². The molecular weight excluding hydrogens is 184 g/mol. The van der Waals surface area contributed by atoms with Gasteiger partial charge in [-0.25, -0.2) is 0 Å². The van der Waals surface area contributed by atoms with Gasteiger partial charge in [0.1, 0.15) is 6.10 Å². The van der Waals surface area contributed by atoms with Gasteiger partial charge in [-0.1, -0.05) is 5.67 Å². The minimum atomic E-state index is -0.644. The van der Waals surface area contributed by atoms with Crippen LogP contribution in [-0.4, -0.2) is 47.4 Å². The lowest BCUT2D eigenvalue weighted by molar-refractivity contribution is 0.116. The first-order chi connectivity index (χ1) is 6.36. The van der Waals surface area contributed by atoms with Crippen molar-refractivity contribution in [3.8, 4) is 0 Å². The van der Waals surface area contributed by atoms with Crippen molar-refractivity contribution in [2.45, 2.75) is 25.5 Å². The highest BCUT2D eigenvalue weighted by atomic mass is 28.3. The van der Waals surface area contributed by atoms with E-state index in [9.17, 15) is 0 Å². The molecule has 1 atom stereocenters. The van der Waals surface area contributed by atoms with Gasteiger partial charge in [-0.05, 0) is 19.4 Å². The molecule has 1 saturated heterocycles. The van der Waals surface area contributed by atoms with E-state index in [1.54, 1.807) is 7.11 Å². The summed E-state index contributed by atoms with van der Waals surface area (Å²) in [6.07, 6.45) is 1.49. The summed E-state index contributed by atoms with van der Waals surface area (Å²) in [5.41, 5.74) is 2.18. The zero-order chi connectivity index (χ0) is 9.52. The number of epoxide rings is 1. The van der Waals surface area contributed by atoms with E-state index in [1.807, 2.05) is 0 Å². The molecule has 1 unspecified atom stereocenters. The molecule has 0 aliphatic carbocycles. The molecule has 0 saturated carbocycles. The first kappa shape index (κ1) is 10.9. The zero-order valence-corrected chi connectivity index (χ0v) is 9.41. The van der Waals surface area contributed by atoms with Crippen LogP contribution in [0.1, 0.15) is 13.3 Å². The lowest BCUT2D eigenvalue weighted by Gasteiger charge is -2.04. The fourth-order valence-corrected chi connectivity index (χ4v) is 2.31. The molecule has 1 fully saturated rings. The lowest BCUT2D eigenvalue weighted by atomic mass is 10.5. The minimum absolute atomic E-state index is 0.393. The molecular formula is C9H18O3Si. The maximum absolute atomic E-state index is 5.42. The quantitative estimate of drug-likeness (QED) is 0.348. The van der Waals surface area contributed by atoms with Crippen molar-refractivity contribution >= 4 is 14.3 Å².